The number of rotatable bonds is 12. The first-order chi connectivity index (χ1) is 22.5. The lowest BCUT2D eigenvalue weighted by molar-refractivity contribution is -0.144. The zero-order valence-electron chi connectivity index (χ0n) is 31.6. The first-order valence-corrected chi connectivity index (χ1v) is 19.1. The highest BCUT2D eigenvalue weighted by atomic mass is 32.2. The maximum absolute atomic E-state index is 14.4. The minimum atomic E-state index is -3.49. The van der Waals surface area contributed by atoms with Crippen molar-refractivity contribution < 1.29 is 27.6 Å². The summed E-state index contributed by atoms with van der Waals surface area (Å²) in [6.07, 6.45) is 2.28. The van der Waals surface area contributed by atoms with Gasteiger partial charge >= 0.3 is 12.1 Å². The molecule has 1 aliphatic rings. The van der Waals surface area contributed by atoms with E-state index in [2.05, 4.69) is 21.4 Å². The van der Waals surface area contributed by atoms with Crippen LogP contribution in [-0.2, 0) is 19.6 Å². The Morgan fingerprint density at radius 1 is 0.939 bits per heavy atom. The summed E-state index contributed by atoms with van der Waals surface area (Å²) >= 11 is 0. The predicted octanol–water partition coefficient (Wildman–Crippen LogP) is 4.09. The summed E-state index contributed by atoms with van der Waals surface area (Å²) in [7, 11) is -2.04. The Bertz CT molecular complexity index is 1390. The van der Waals surface area contributed by atoms with Crippen LogP contribution >= 0.6 is 0 Å². The number of likely N-dealkylation sites (tertiary alicyclic amines) is 1. The van der Waals surface area contributed by atoms with Crippen molar-refractivity contribution in [3.05, 3.63) is 35.9 Å². The molecule has 2 rings (SSSR count). The summed E-state index contributed by atoms with van der Waals surface area (Å²) < 4.78 is 25.4. The fourth-order valence-corrected chi connectivity index (χ4v) is 6.31. The molecular formula is C35H61N7O6S. The zero-order valence-corrected chi connectivity index (χ0v) is 32.4. The largest absolute Gasteiger partial charge is 0.336 e. The van der Waals surface area contributed by atoms with Gasteiger partial charge in [0.15, 0.2) is 0 Å². The summed E-state index contributed by atoms with van der Waals surface area (Å²) in [5, 5.41) is 9.97. The van der Waals surface area contributed by atoms with Gasteiger partial charge in [-0.3, -0.25) is 15.0 Å². The lowest BCUT2D eigenvalue weighted by Gasteiger charge is -2.38. The Balaban J connectivity index is 2.32. The van der Waals surface area contributed by atoms with Crippen molar-refractivity contribution in [3.63, 3.8) is 0 Å². The van der Waals surface area contributed by atoms with E-state index < -0.39 is 62.9 Å². The highest BCUT2D eigenvalue weighted by Crippen LogP contribution is 2.33. The van der Waals surface area contributed by atoms with Gasteiger partial charge in [0.05, 0.1) is 12.3 Å². The number of nitrogens with zero attached hydrogens (tertiary/aromatic N) is 3. The second-order valence-corrected chi connectivity index (χ2v) is 17.9. The first kappa shape index (κ1) is 41.8. The van der Waals surface area contributed by atoms with Crippen molar-refractivity contribution in [3.8, 4) is 0 Å². The minimum Gasteiger partial charge on any atom is -0.334 e. The van der Waals surface area contributed by atoms with Crippen molar-refractivity contribution in [2.75, 3.05) is 32.9 Å². The molecule has 1 fully saturated rings. The maximum Gasteiger partial charge on any atom is 0.336 e. The molecule has 0 aromatic heterocycles. The molecule has 1 aliphatic heterocycles. The molecule has 5 atom stereocenters. The van der Waals surface area contributed by atoms with Crippen LogP contribution in [-0.4, -0.2) is 97.6 Å². The normalized spacial score (nSPS) is 18.9. The van der Waals surface area contributed by atoms with E-state index in [1.54, 1.807) is 0 Å². The van der Waals surface area contributed by atoms with Gasteiger partial charge in [0.25, 0.3) is 5.91 Å². The van der Waals surface area contributed by atoms with Crippen LogP contribution in [0.15, 0.2) is 30.3 Å². The molecule has 0 saturated carbocycles. The van der Waals surface area contributed by atoms with Crippen LogP contribution in [0.2, 0.25) is 0 Å². The van der Waals surface area contributed by atoms with Crippen molar-refractivity contribution in [2.45, 2.75) is 106 Å². The van der Waals surface area contributed by atoms with Crippen LogP contribution in [0.25, 0.3) is 0 Å². The Morgan fingerprint density at radius 3 is 2.02 bits per heavy atom. The first-order valence-electron chi connectivity index (χ1n) is 17.2. The molecule has 49 heavy (non-hydrogen) atoms. The van der Waals surface area contributed by atoms with Crippen molar-refractivity contribution in [1.29, 1.82) is 0 Å². The van der Waals surface area contributed by atoms with Crippen LogP contribution in [0.3, 0.4) is 0 Å². The highest BCUT2D eigenvalue weighted by molar-refractivity contribution is 7.88. The second kappa shape index (κ2) is 17.0. The van der Waals surface area contributed by atoms with E-state index in [1.807, 2.05) is 99.6 Å². The number of hydrogen-bond acceptors (Lipinski definition) is 6. The molecule has 1 heterocycles. The van der Waals surface area contributed by atoms with Crippen molar-refractivity contribution in [2.24, 2.45) is 22.7 Å². The third kappa shape index (κ3) is 11.9. The number of urea groups is 2. The number of hydrazine groups is 1. The summed E-state index contributed by atoms with van der Waals surface area (Å²) in [5.74, 6) is -0.987. The van der Waals surface area contributed by atoms with Crippen LogP contribution in [0.1, 0.15) is 93.7 Å². The van der Waals surface area contributed by atoms with Gasteiger partial charge in [-0.1, -0.05) is 92.6 Å². The number of nitrogens with one attached hydrogen (secondary N) is 4. The number of carbonyl (C=O) groups is 4. The summed E-state index contributed by atoms with van der Waals surface area (Å²) in [5.41, 5.74) is 2.49. The molecule has 6 amide bonds. The molecule has 13 nitrogen and oxygen atoms in total. The Morgan fingerprint density at radius 2 is 1.53 bits per heavy atom. The molecule has 1 aromatic carbocycles. The molecule has 1 aromatic rings. The van der Waals surface area contributed by atoms with E-state index in [9.17, 15) is 27.6 Å². The zero-order chi connectivity index (χ0) is 37.5. The van der Waals surface area contributed by atoms with Gasteiger partial charge in [0, 0.05) is 32.7 Å². The minimum absolute atomic E-state index is 0.0420. The number of hydrogen-bond donors (Lipinski definition) is 4. The van der Waals surface area contributed by atoms with Gasteiger partial charge in [-0.05, 0) is 48.0 Å². The summed E-state index contributed by atoms with van der Waals surface area (Å²) in [4.78, 5) is 56.8. The predicted molar refractivity (Wildman–Crippen MR) is 193 cm³/mol. The molecule has 278 valence electrons. The molecule has 0 unspecified atom stereocenters. The Labute approximate surface area is 294 Å². The molecule has 0 radical (unpaired) electrons. The Hall–Kier alpha value is -3.39. The number of amides is 6. The summed E-state index contributed by atoms with van der Waals surface area (Å²) in [6.45, 7) is 19.6. The molecule has 0 spiro atoms. The van der Waals surface area contributed by atoms with Crippen LogP contribution in [0.4, 0.5) is 9.59 Å². The smallest absolute Gasteiger partial charge is 0.334 e. The molecule has 14 heteroatoms. The van der Waals surface area contributed by atoms with E-state index in [4.69, 9.17) is 0 Å². The number of benzene rings is 1. The number of likely N-dealkylation sites (N-methyl/N-ethyl adjacent to an activating group) is 1. The number of carbonyl (C=O) groups excluding carboxylic acids is 4. The SMILES string of the molecule is CCCN(NC(=O)[C@@H]1[C@@H](C(C)C)CCN1C(=O)[C@@H](NC(=O)N[C@H](CN(C)S(C)(=O)=O)C(C)(C)C)C(C)(C)C)C(=O)N[C@@H](C)c1ccccc1. The van der Waals surface area contributed by atoms with Gasteiger partial charge in [-0.15, -0.1) is 0 Å². The van der Waals surface area contributed by atoms with Crippen LogP contribution < -0.4 is 21.4 Å². The van der Waals surface area contributed by atoms with E-state index in [0.29, 0.717) is 19.4 Å². The lowest BCUT2D eigenvalue weighted by Crippen LogP contribution is -2.63. The van der Waals surface area contributed by atoms with Crippen molar-refractivity contribution >= 4 is 33.9 Å². The molecular weight excluding hydrogens is 646 g/mol. The monoisotopic (exact) mass is 707 g/mol. The summed E-state index contributed by atoms with van der Waals surface area (Å²) in [6, 6.07) is 5.70. The lowest BCUT2D eigenvalue weighted by atomic mass is 9.84. The van der Waals surface area contributed by atoms with E-state index in [-0.39, 0.29) is 31.0 Å². The third-order valence-corrected chi connectivity index (χ3v) is 10.5. The van der Waals surface area contributed by atoms with Gasteiger partial charge < -0.3 is 20.9 Å². The maximum atomic E-state index is 14.4. The highest BCUT2D eigenvalue weighted by Gasteiger charge is 2.47. The molecule has 4 N–H and O–H groups in total. The van der Waals surface area contributed by atoms with Crippen LogP contribution in [0, 0.1) is 22.7 Å². The molecule has 0 bridgehead atoms. The van der Waals surface area contributed by atoms with Crippen LogP contribution in [0.5, 0.6) is 0 Å². The topological polar surface area (TPSA) is 160 Å². The standard InChI is InChI=1S/C35H61N7O6S/c1-13-20-42(33(46)36-24(4)25-17-15-14-16-18-25)39-30(43)28-26(23(2)3)19-21-41(28)31(44)29(35(8,9)10)38-32(45)37-27(34(5,6)7)22-40(11)49(12,47)48/h14-18,23-24,26-29H,13,19-22H2,1-12H3,(H,36,46)(H,39,43)(H2,37,38,45)/t24-,26+,27+,28-,29+/m0/s1. The van der Waals surface area contributed by atoms with Crippen molar-refractivity contribution in [1.82, 2.24) is 35.6 Å². The third-order valence-electron chi connectivity index (χ3n) is 9.17. The van der Waals surface area contributed by atoms with E-state index in [0.717, 1.165) is 11.8 Å². The van der Waals surface area contributed by atoms with Gasteiger partial charge in [-0.25, -0.2) is 27.3 Å². The van der Waals surface area contributed by atoms with E-state index >= 15 is 0 Å². The fourth-order valence-electron chi connectivity index (χ4n) is 5.89. The van der Waals surface area contributed by atoms with Gasteiger partial charge in [0.1, 0.15) is 12.1 Å². The number of sulfonamides is 1. The fraction of sp³-hybridized carbons (Fsp3) is 0.714. The quantitative estimate of drug-likeness (QED) is 0.240. The molecule has 1 saturated heterocycles. The average Bonchev–Trinajstić information content (AvgIpc) is 3.44. The average molecular weight is 708 g/mol. The van der Waals surface area contributed by atoms with Gasteiger partial charge in [0.2, 0.25) is 15.9 Å². The Kier molecular flexibility index (Phi) is 14.5. The second-order valence-electron chi connectivity index (χ2n) is 15.8. The van der Waals surface area contributed by atoms with Gasteiger partial charge in [-0.2, -0.15) is 0 Å². The molecule has 0 aliphatic carbocycles. The van der Waals surface area contributed by atoms with E-state index in [1.165, 1.54) is 21.3 Å².